The Morgan fingerprint density at radius 3 is 2.36 bits per heavy atom. The topological polar surface area (TPSA) is 104 Å². The summed E-state index contributed by atoms with van der Waals surface area (Å²) in [6.07, 6.45) is 0. The zero-order chi connectivity index (χ0) is 19.6. The maximum absolute atomic E-state index is 13.2. The quantitative estimate of drug-likeness (QED) is 0.690. The van der Waals surface area contributed by atoms with Gasteiger partial charge in [-0.05, 0) is 41.6 Å². The molecule has 2 aromatic carbocycles. The van der Waals surface area contributed by atoms with Crippen molar-refractivity contribution < 1.29 is 13.2 Å². The van der Waals surface area contributed by atoms with Crippen LogP contribution in [0, 0.1) is 0 Å². The summed E-state index contributed by atoms with van der Waals surface area (Å²) in [6, 6.07) is 14.5. The van der Waals surface area contributed by atoms with Crippen molar-refractivity contribution in [2.24, 2.45) is 0 Å². The van der Waals surface area contributed by atoms with Crippen LogP contribution in [0.1, 0.15) is 0 Å². The molecule has 0 unspecified atom stereocenters. The van der Waals surface area contributed by atoms with Crippen LogP contribution >= 0.6 is 0 Å². The van der Waals surface area contributed by atoms with E-state index >= 15 is 0 Å². The number of rotatable bonds is 5. The number of aromatic nitrogens is 4. The van der Waals surface area contributed by atoms with Gasteiger partial charge >= 0.3 is 0 Å². The fraction of sp³-hybridized carbons (Fsp3) is 0.278. The van der Waals surface area contributed by atoms with Crippen LogP contribution in [0.3, 0.4) is 0 Å². The molecule has 0 atom stereocenters. The van der Waals surface area contributed by atoms with Gasteiger partial charge in [-0.2, -0.15) is 9.52 Å². The van der Waals surface area contributed by atoms with Gasteiger partial charge < -0.3 is 9.64 Å². The summed E-state index contributed by atoms with van der Waals surface area (Å²) < 4.78 is 33.2. The average molecular weight is 400 g/mol. The minimum atomic E-state index is -3.67. The molecule has 1 N–H and O–H groups in total. The number of sulfonamides is 1. The number of nitrogens with zero attached hydrogens (tertiary/aromatic N) is 5. The van der Waals surface area contributed by atoms with E-state index in [1.165, 1.54) is 4.31 Å². The molecule has 0 aliphatic carbocycles. The third kappa shape index (κ3) is 3.43. The zero-order valence-corrected chi connectivity index (χ0v) is 16.1. The maximum Gasteiger partial charge on any atom is 0.243 e. The van der Waals surface area contributed by atoms with Crippen molar-refractivity contribution >= 4 is 15.7 Å². The SMILES string of the molecule is COc1ccc(N2CCN(S(=O)(=O)c3ccccc3-c3nn[nH]n3)CC2)cc1. The number of nitrogens with one attached hydrogen (secondary N) is 1. The lowest BCUT2D eigenvalue weighted by atomic mass is 10.2. The predicted octanol–water partition coefficient (Wildman–Crippen LogP) is 1.39. The standard InChI is InChI=1S/C18H20N6O3S/c1-27-15-8-6-14(7-9-15)23-10-12-24(13-11-23)28(25,26)17-5-3-2-4-16(17)18-19-21-22-20-18/h2-9H,10-13H2,1H3,(H,19,20,21,22). The summed E-state index contributed by atoms with van der Waals surface area (Å²) in [4.78, 5) is 2.35. The Morgan fingerprint density at radius 1 is 1.00 bits per heavy atom. The van der Waals surface area contributed by atoms with Crippen molar-refractivity contribution in [3.63, 3.8) is 0 Å². The van der Waals surface area contributed by atoms with Gasteiger partial charge in [0.05, 0.1) is 12.0 Å². The number of ether oxygens (including phenoxy) is 1. The van der Waals surface area contributed by atoms with E-state index in [-0.39, 0.29) is 10.7 Å². The van der Waals surface area contributed by atoms with Crippen molar-refractivity contribution in [1.82, 2.24) is 24.9 Å². The van der Waals surface area contributed by atoms with Crippen molar-refractivity contribution in [2.45, 2.75) is 4.90 Å². The summed E-state index contributed by atoms with van der Waals surface area (Å²) >= 11 is 0. The minimum Gasteiger partial charge on any atom is -0.497 e. The first-order valence-electron chi connectivity index (χ1n) is 8.81. The van der Waals surface area contributed by atoms with E-state index in [9.17, 15) is 8.42 Å². The van der Waals surface area contributed by atoms with E-state index in [2.05, 4.69) is 25.5 Å². The highest BCUT2D eigenvalue weighted by Crippen LogP contribution is 2.28. The average Bonchev–Trinajstić information content (AvgIpc) is 3.29. The Morgan fingerprint density at radius 2 is 1.71 bits per heavy atom. The summed E-state index contributed by atoms with van der Waals surface area (Å²) in [5.41, 5.74) is 1.49. The molecule has 0 radical (unpaired) electrons. The monoisotopic (exact) mass is 400 g/mol. The lowest BCUT2D eigenvalue weighted by Crippen LogP contribution is -2.48. The Kier molecular flexibility index (Phi) is 4.97. The second-order valence-electron chi connectivity index (χ2n) is 6.32. The van der Waals surface area contributed by atoms with Crippen LogP contribution in [0.2, 0.25) is 0 Å². The molecule has 2 heterocycles. The number of tetrazole rings is 1. The van der Waals surface area contributed by atoms with Gasteiger partial charge in [-0.15, -0.1) is 10.2 Å². The second kappa shape index (κ2) is 7.56. The van der Waals surface area contributed by atoms with Crippen LogP contribution < -0.4 is 9.64 Å². The number of hydrogen-bond acceptors (Lipinski definition) is 7. The number of H-pyrrole nitrogens is 1. The van der Waals surface area contributed by atoms with Gasteiger partial charge in [0.25, 0.3) is 0 Å². The zero-order valence-electron chi connectivity index (χ0n) is 15.3. The molecular formula is C18H20N6O3S. The third-order valence-corrected chi connectivity index (χ3v) is 6.72. The molecule has 4 rings (SSSR count). The van der Waals surface area contributed by atoms with Crippen LogP contribution in [-0.2, 0) is 10.0 Å². The Hall–Kier alpha value is -2.98. The van der Waals surface area contributed by atoms with Gasteiger partial charge in [-0.25, -0.2) is 8.42 Å². The van der Waals surface area contributed by atoms with Gasteiger partial charge in [0.15, 0.2) is 0 Å². The maximum atomic E-state index is 13.2. The number of anilines is 1. The largest absolute Gasteiger partial charge is 0.497 e. The molecule has 9 nitrogen and oxygen atoms in total. The molecule has 0 spiro atoms. The molecule has 0 bridgehead atoms. The van der Waals surface area contributed by atoms with Crippen LogP contribution in [0.25, 0.3) is 11.4 Å². The van der Waals surface area contributed by atoms with Gasteiger partial charge in [0.1, 0.15) is 5.75 Å². The summed E-state index contributed by atoms with van der Waals surface area (Å²) in [5.74, 6) is 1.05. The molecule has 1 aliphatic heterocycles. The Bertz CT molecular complexity index is 1030. The highest BCUT2D eigenvalue weighted by Gasteiger charge is 2.31. The fourth-order valence-corrected chi connectivity index (χ4v) is 4.88. The third-order valence-electron chi connectivity index (χ3n) is 4.77. The van der Waals surface area contributed by atoms with E-state index in [4.69, 9.17) is 4.74 Å². The molecule has 1 aliphatic rings. The van der Waals surface area contributed by atoms with E-state index in [0.717, 1.165) is 11.4 Å². The van der Waals surface area contributed by atoms with Crippen LogP contribution in [0.4, 0.5) is 5.69 Å². The number of aromatic amines is 1. The van der Waals surface area contributed by atoms with Gasteiger partial charge in [-0.1, -0.05) is 12.1 Å². The van der Waals surface area contributed by atoms with Gasteiger partial charge in [-0.3, -0.25) is 0 Å². The van der Waals surface area contributed by atoms with Crippen molar-refractivity contribution in [1.29, 1.82) is 0 Å². The highest BCUT2D eigenvalue weighted by molar-refractivity contribution is 7.89. The predicted molar refractivity (Wildman–Crippen MR) is 104 cm³/mol. The number of hydrogen-bond donors (Lipinski definition) is 1. The van der Waals surface area contributed by atoms with Crippen molar-refractivity contribution in [3.05, 3.63) is 48.5 Å². The molecule has 1 aromatic heterocycles. The van der Waals surface area contributed by atoms with E-state index in [1.54, 1.807) is 31.4 Å². The van der Waals surface area contributed by atoms with Crippen LogP contribution in [-0.4, -0.2) is 66.6 Å². The molecule has 0 amide bonds. The number of piperazine rings is 1. The lowest BCUT2D eigenvalue weighted by Gasteiger charge is -2.35. The molecule has 146 valence electrons. The molecule has 1 saturated heterocycles. The summed E-state index contributed by atoms with van der Waals surface area (Å²) in [6.45, 7) is 2.01. The fourth-order valence-electron chi connectivity index (χ4n) is 3.27. The number of methoxy groups -OCH3 is 1. The van der Waals surface area contributed by atoms with Gasteiger partial charge in [0.2, 0.25) is 15.8 Å². The highest BCUT2D eigenvalue weighted by atomic mass is 32.2. The smallest absolute Gasteiger partial charge is 0.243 e. The normalized spacial score (nSPS) is 15.5. The first-order valence-corrected chi connectivity index (χ1v) is 10.3. The molecule has 3 aromatic rings. The van der Waals surface area contributed by atoms with E-state index < -0.39 is 10.0 Å². The van der Waals surface area contributed by atoms with Crippen molar-refractivity contribution in [3.8, 4) is 17.1 Å². The van der Waals surface area contributed by atoms with Gasteiger partial charge in [0, 0.05) is 37.4 Å². The van der Waals surface area contributed by atoms with Crippen molar-refractivity contribution in [2.75, 3.05) is 38.2 Å². The lowest BCUT2D eigenvalue weighted by molar-refractivity contribution is 0.385. The molecular weight excluding hydrogens is 380 g/mol. The second-order valence-corrected chi connectivity index (χ2v) is 8.23. The van der Waals surface area contributed by atoms with E-state index in [1.807, 2.05) is 24.3 Å². The molecule has 1 fully saturated rings. The van der Waals surface area contributed by atoms with E-state index in [0.29, 0.717) is 31.7 Å². The Balaban J connectivity index is 1.53. The first kappa shape index (κ1) is 18.4. The summed E-state index contributed by atoms with van der Waals surface area (Å²) in [7, 11) is -2.04. The van der Waals surface area contributed by atoms with Crippen LogP contribution in [0.5, 0.6) is 5.75 Å². The molecule has 10 heteroatoms. The number of benzene rings is 2. The Labute approximate surface area is 163 Å². The molecule has 0 saturated carbocycles. The minimum absolute atomic E-state index is 0.189. The first-order chi connectivity index (χ1) is 13.6. The van der Waals surface area contributed by atoms with Crippen LogP contribution in [0.15, 0.2) is 53.4 Å². The summed E-state index contributed by atoms with van der Waals surface area (Å²) in [5, 5.41) is 13.7. The molecule has 28 heavy (non-hydrogen) atoms.